The summed E-state index contributed by atoms with van der Waals surface area (Å²) < 4.78 is 17.4. The maximum absolute atomic E-state index is 13.9. The van der Waals surface area contributed by atoms with Crippen LogP contribution in [-0.2, 0) is 15.1 Å². The van der Waals surface area contributed by atoms with E-state index >= 15 is 0 Å². The predicted octanol–water partition coefficient (Wildman–Crippen LogP) is 5.79. The molecule has 2 N–H and O–H groups in total. The Balaban J connectivity index is 1.79. The van der Waals surface area contributed by atoms with Gasteiger partial charge in [0, 0.05) is 28.1 Å². The fourth-order valence-electron chi connectivity index (χ4n) is 6.01. The van der Waals surface area contributed by atoms with Gasteiger partial charge in [-0.2, -0.15) is 0 Å². The van der Waals surface area contributed by atoms with Crippen molar-refractivity contribution < 1.29 is 19.0 Å². The van der Waals surface area contributed by atoms with E-state index in [0.29, 0.717) is 0 Å². The number of aromatic nitrogens is 1. The number of carbonyl (C=O) groups is 1. The lowest BCUT2D eigenvalue weighted by Gasteiger charge is -2.47. The zero-order valence-corrected chi connectivity index (χ0v) is 21.4. The number of hydrogen-bond acceptors (Lipinski definition) is 5. The molecule has 1 saturated carbocycles. The van der Waals surface area contributed by atoms with Crippen molar-refractivity contribution in [3.05, 3.63) is 59.3 Å². The Hall–Kier alpha value is -2.99. The highest BCUT2D eigenvalue weighted by Crippen LogP contribution is 2.51. The van der Waals surface area contributed by atoms with Crippen molar-refractivity contribution in [3.8, 4) is 11.5 Å². The molecular formula is C29H36N2O4. The monoisotopic (exact) mass is 476 g/mol. The molecule has 186 valence electrons. The number of fused-ring (bicyclic) bond motifs is 4. The van der Waals surface area contributed by atoms with Gasteiger partial charge in [0.2, 0.25) is 0 Å². The molecule has 35 heavy (non-hydrogen) atoms. The van der Waals surface area contributed by atoms with E-state index in [0.717, 1.165) is 59.2 Å². The molecule has 1 fully saturated rings. The molecule has 2 heterocycles. The smallest absolute Gasteiger partial charge is 0.324 e. The van der Waals surface area contributed by atoms with Crippen LogP contribution in [0.2, 0.25) is 0 Å². The molecule has 0 radical (unpaired) electrons. The van der Waals surface area contributed by atoms with Crippen molar-refractivity contribution in [2.24, 2.45) is 0 Å². The first-order chi connectivity index (χ1) is 16.8. The maximum Gasteiger partial charge on any atom is 0.324 e. The largest absolute Gasteiger partial charge is 0.497 e. The average Bonchev–Trinajstić information content (AvgIpc) is 3.24. The standard InChI is InChI=1S/C29H36N2O4/c1-28(2,3)35-27(32)25-23(20-17-18(33-4)13-14-22(20)34-5)24-19-11-7-8-12-21(19)30-26(24)29(31-25)15-9-6-10-16-29/h7-8,11-14,17,23,25,30-31H,6,9-10,15-16H2,1-5H3/t23-,25+/m0/s1. The second-order valence-electron chi connectivity index (χ2n) is 10.8. The van der Waals surface area contributed by atoms with E-state index in [4.69, 9.17) is 14.2 Å². The maximum atomic E-state index is 13.9. The van der Waals surface area contributed by atoms with Crippen molar-refractivity contribution in [1.29, 1.82) is 0 Å². The van der Waals surface area contributed by atoms with Crippen LogP contribution in [0.4, 0.5) is 0 Å². The summed E-state index contributed by atoms with van der Waals surface area (Å²) in [4.78, 5) is 17.6. The molecule has 6 heteroatoms. The normalized spacial score (nSPS) is 21.5. The summed E-state index contributed by atoms with van der Waals surface area (Å²) >= 11 is 0. The number of benzene rings is 2. The first-order valence-corrected chi connectivity index (χ1v) is 12.6. The summed E-state index contributed by atoms with van der Waals surface area (Å²) in [5.41, 5.74) is 3.45. The first kappa shape index (κ1) is 23.7. The molecule has 0 amide bonds. The number of aromatic amines is 1. The number of esters is 1. The van der Waals surface area contributed by atoms with Gasteiger partial charge < -0.3 is 19.2 Å². The molecule has 1 aromatic heterocycles. The van der Waals surface area contributed by atoms with Crippen LogP contribution in [0.3, 0.4) is 0 Å². The summed E-state index contributed by atoms with van der Waals surface area (Å²) in [6, 6.07) is 13.6. The molecule has 1 aliphatic carbocycles. The van der Waals surface area contributed by atoms with Gasteiger partial charge in [-0.15, -0.1) is 0 Å². The average molecular weight is 477 g/mol. The lowest BCUT2D eigenvalue weighted by Crippen LogP contribution is -2.59. The van der Waals surface area contributed by atoms with Gasteiger partial charge in [0.1, 0.15) is 23.1 Å². The van der Waals surface area contributed by atoms with Gasteiger partial charge in [0.15, 0.2) is 0 Å². The Bertz CT molecular complexity index is 1230. The number of nitrogens with one attached hydrogen (secondary N) is 2. The fraction of sp³-hybridized carbons (Fsp3) is 0.483. The van der Waals surface area contributed by atoms with Gasteiger partial charge in [0.25, 0.3) is 0 Å². The Kier molecular flexibility index (Phi) is 6.04. The number of para-hydroxylation sites is 1. The van der Waals surface area contributed by atoms with Gasteiger partial charge in [-0.05, 0) is 63.4 Å². The number of methoxy groups -OCH3 is 2. The molecule has 0 bridgehead atoms. The van der Waals surface area contributed by atoms with Gasteiger partial charge in [-0.3, -0.25) is 10.1 Å². The summed E-state index contributed by atoms with van der Waals surface area (Å²) in [5.74, 6) is 0.895. The molecule has 1 aliphatic heterocycles. The van der Waals surface area contributed by atoms with Crippen molar-refractivity contribution in [2.45, 2.75) is 76.0 Å². The molecule has 3 aromatic rings. The van der Waals surface area contributed by atoms with Crippen molar-refractivity contribution in [3.63, 3.8) is 0 Å². The number of rotatable bonds is 4. The Morgan fingerprint density at radius 3 is 2.43 bits per heavy atom. The highest BCUT2D eigenvalue weighted by atomic mass is 16.6. The van der Waals surface area contributed by atoms with Crippen molar-refractivity contribution in [2.75, 3.05) is 14.2 Å². The highest BCUT2D eigenvalue weighted by molar-refractivity contribution is 5.90. The lowest BCUT2D eigenvalue weighted by molar-refractivity contribution is -0.159. The quantitative estimate of drug-likeness (QED) is 0.466. The van der Waals surface area contributed by atoms with Gasteiger partial charge in [-0.25, -0.2) is 0 Å². The van der Waals surface area contributed by atoms with Crippen molar-refractivity contribution in [1.82, 2.24) is 10.3 Å². The van der Waals surface area contributed by atoms with Crippen LogP contribution in [0.15, 0.2) is 42.5 Å². The third kappa shape index (κ3) is 4.18. The van der Waals surface area contributed by atoms with Crippen LogP contribution in [0.1, 0.15) is 75.6 Å². The van der Waals surface area contributed by atoms with Crippen LogP contribution in [-0.4, -0.2) is 36.8 Å². The molecule has 2 atom stereocenters. The SMILES string of the molecule is COc1ccc(OC)c([C@H]2c3c([nH]c4ccccc34)C3(CCCCC3)N[C@H]2C(=O)OC(C)(C)C)c1. The summed E-state index contributed by atoms with van der Waals surface area (Å²) in [6.45, 7) is 5.76. The second-order valence-corrected chi connectivity index (χ2v) is 10.8. The minimum Gasteiger partial charge on any atom is -0.497 e. The first-order valence-electron chi connectivity index (χ1n) is 12.6. The predicted molar refractivity (Wildman–Crippen MR) is 137 cm³/mol. The second kappa shape index (κ2) is 8.90. The lowest BCUT2D eigenvalue weighted by atomic mass is 9.69. The van der Waals surface area contributed by atoms with Crippen LogP contribution >= 0.6 is 0 Å². The molecule has 2 aliphatic rings. The number of ether oxygens (including phenoxy) is 3. The van der Waals surface area contributed by atoms with Gasteiger partial charge in [-0.1, -0.05) is 37.5 Å². The van der Waals surface area contributed by atoms with E-state index in [2.05, 4.69) is 34.6 Å². The molecule has 0 unspecified atom stereocenters. The zero-order valence-electron chi connectivity index (χ0n) is 21.4. The highest BCUT2D eigenvalue weighted by Gasteiger charge is 2.51. The van der Waals surface area contributed by atoms with E-state index < -0.39 is 11.6 Å². The van der Waals surface area contributed by atoms with Crippen molar-refractivity contribution >= 4 is 16.9 Å². The molecule has 0 saturated heterocycles. The summed E-state index contributed by atoms with van der Waals surface area (Å²) in [6.07, 6.45) is 5.41. The van der Waals surface area contributed by atoms with Crippen LogP contribution in [0.25, 0.3) is 10.9 Å². The van der Waals surface area contributed by atoms with E-state index in [9.17, 15) is 4.79 Å². The minimum atomic E-state index is -0.595. The Morgan fingerprint density at radius 2 is 1.74 bits per heavy atom. The molecule has 2 aromatic carbocycles. The van der Waals surface area contributed by atoms with Crippen LogP contribution in [0.5, 0.6) is 11.5 Å². The van der Waals surface area contributed by atoms with Gasteiger partial charge in [0.05, 0.1) is 19.8 Å². The molecule has 1 spiro atoms. The van der Waals surface area contributed by atoms with Crippen LogP contribution < -0.4 is 14.8 Å². The number of carbonyl (C=O) groups excluding carboxylic acids is 1. The molecule has 5 rings (SSSR count). The third-order valence-corrected chi connectivity index (χ3v) is 7.44. The molecular weight excluding hydrogens is 440 g/mol. The summed E-state index contributed by atoms with van der Waals surface area (Å²) in [7, 11) is 3.33. The van der Waals surface area contributed by atoms with Crippen LogP contribution in [0, 0.1) is 0 Å². The van der Waals surface area contributed by atoms with Gasteiger partial charge >= 0.3 is 5.97 Å². The molecule has 6 nitrogen and oxygen atoms in total. The topological polar surface area (TPSA) is 72.6 Å². The van der Waals surface area contributed by atoms with E-state index in [1.54, 1.807) is 14.2 Å². The third-order valence-electron chi connectivity index (χ3n) is 7.44. The Labute approximate surface area is 207 Å². The Morgan fingerprint density at radius 1 is 1.00 bits per heavy atom. The number of H-pyrrole nitrogens is 1. The minimum absolute atomic E-state index is 0.242. The number of hydrogen-bond donors (Lipinski definition) is 2. The van der Waals surface area contributed by atoms with E-state index in [1.165, 1.54) is 12.1 Å². The van der Waals surface area contributed by atoms with E-state index in [1.807, 2.05) is 39.0 Å². The fourth-order valence-corrected chi connectivity index (χ4v) is 6.01. The zero-order chi connectivity index (χ0) is 24.8. The van der Waals surface area contributed by atoms with E-state index in [-0.39, 0.29) is 17.4 Å². The summed E-state index contributed by atoms with van der Waals surface area (Å²) in [5, 5.41) is 4.98.